The molecule has 0 amide bonds. The van der Waals surface area contributed by atoms with Crippen molar-refractivity contribution in [3.63, 3.8) is 0 Å². The molecule has 1 heteroatoms. The summed E-state index contributed by atoms with van der Waals surface area (Å²) < 4.78 is 0. The Hall–Kier alpha value is -0.300. The average molecular weight is 170 g/mol. The quantitative estimate of drug-likeness (QED) is 0.632. The van der Waals surface area contributed by atoms with E-state index in [0.29, 0.717) is 5.92 Å². The van der Waals surface area contributed by atoms with Crippen molar-refractivity contribution in [2.75, 3.05) is 0 Å². The molecule has 0 aliphatic heterocycles. The van der Waals surface area contributed by atoms with E-state index in [1.807, 2.05) is 19.9 Å². The Labute approximate surface area is 76.5 Å². The lowest BCUT2D eigenvalue weighted by molar-refractivity contribution is 0.0889. The van der Waals surface area contributed by atoms with Crippen molar-refractivity contribution in [1.82, 2.24) is 0 Å². The van der Waals surface area contributed by atoms with E-state index < -0.39 is 0 Å². The first-order valence-electron chi connectivity index (χ1n) is 4.58. The van der Waals surface area contributed by atoms with Crippen LogP contribution < -0.4 is 0 Å². The molecule has 0 saturated carbocycles. The summed E-state index contributed by atoms with van der Waals surface area (Å²) >= 11 is 0. The molecule has 0 aromatic heterocycles. The topological polar surface area (TPSA) is 20.2 Å². The minimum Gasteiger partial charge on any atom is -0.389 e. The molecule has 0 bridgehead atoms. The molecule has 0 rings (SSSR count). The Morgan fingerprint density at radius 1 is 1.25 bits per heavy atom. The van der Waals surface area contributed by atoms with Crippen LogP contribution in [-0.2, 0) is 0 Å². The molecule has 1 N–H and O–H groups in total. The standard InChI is InChI=1S/C11H22O/c1-8(2)7-10(12)9(3)11(4,5)6/h7,9-10,12H,1-6H3. The highest BCUT2D eigenvalue weighted by atomic mass is 16.3. The van der Waals surface area contributed by atoms with Crippen molar-refractivity contribution in [2.45, 2.75) is 47.6 Å². The molecule has 1 nitrogen and oxygen atoms in total. The molecule has 0 heterocycles. The van der Waals surface area contributed by atoms with E-state index in [4.69, 9.17) is 0 Å². The molecule has 2 atom stereocenters. The van der Waals surface area contributed by atoms with Gasteiger partial charge in [-0.25, -0.2) is 0 Å². The van der Waals surface area contributed by atoms with Crippen LogP contribution in [0, 0.1) is 11.3 Å². The minimum absolute atomic E-state index is 0.172. The maximum Gasteiger partial charge on any atom is 0.0753 e. The summed E-state index contributed by atoms with van der Waals surface area (Å²) in [7, 11) is 0. The third kappa shape index (κ3) is 3.91. The fourth-order valence-corrected chi connectivity index (χ4v) is 0.998. The van der Waals surface area contributed by atoms with Crippen LogP contribution in [0.5, 0.6) is 0 Å². The van der Waals surface area contributed by atoms with Gasteiger partial charge in [0.25, 0.3) is 0 Å². The predicted octanol–water partition coefficient (Wildman–Crippen LogP) is 3.00. The van der Waals surface area contributed by atoms with Gasteiger partial charge in [-0.05, 0) is 25.2 Å². The number of rotatable bonds is 2. The predicted molar refractivity (Wildman–Crippen MR) is 54.1 cm³/mol. The molecule has 0 aromatic rings. The van der Waals surface area contributed by atoms with Gasteiger partial charge in [0.1, 0.15) is 0 Å². The van der Waals surface area contributed by atoms with E-state index in [9.17, 15) is 5.11 Å². The largest absolute Gasteiger partial charge is 0.389 e. The molecule has 12 heavy (non-hydrogen) atoms. The second kappa shape index (κ2) is 4.08. The lowest BCUT2D eigenvalue weighted by atomic mass is 9.78. The number of aliphatic hydroxyl groups excluding tert-OH is 1. The van der Waals surface area contributed by atoms with Crippen LogP contribution in [0.1, 0.15) is 41.5 Å². The molecule has 0 aromatic carbocycles. The number of allylic oxidation sites excluding steroid dienone is 1. The monoisotopic (exact) mass is 170 g/mol. The highest BCUT2D eigenvalue weighted by Gasteiger charge is 2.25. The van der Waals surface area contributed by atoms with Gasteiger partial charge in [-0.15, -0.1) is 0 Å². The van der Waals surface area contributed by atoms with Gasteiger partial charge in [-0.2, -0.15) is 0 Å². The van der Waals surface area contributed by atoms with Gasteiger partial charge in [-0.1, -0.05) is 39.3 Å². The zero-order chi connectivity index (χ0) is 9.94. The van der Waals surface area contributed by atoms with Crippen molar-refractivity contribution in [2.24, 2.45) is 11.3 Å². The second-order valence-corrected chi connectivity index (χ2v) is 4.89. The Kier molecular flexibility index (Phi) is 3.98. The van der Waals surface area contributed by atoms with Crippen LogP contribution in [-0.4, -0.2) is 11.2 Å². The Balaban J connectivity index is 4.30. The fraction of sp³-hybridized carbons (Fsp3) is 0.818. The van der Waals surface area contributed by atoms with Crippen LogP contribution in [0.25, 0.3) is 0 Å². The first-order chi connectivity index (χ1) is 5.25. The van der Waals surface area contributed by atoms with Gasteiger partial charge in [0.2, 0.25) is 0 Å². The molecular formula is C11H22O. The van der Waals surface area contributed by atoms with Crippen LogP contribution in [0.3, 0.4) is 0 Å². The summed E-state index contributed by atoms with van der Waals surface area (Å²) in [6.45, 7) is 12.6. The molecule has 0 spiro atoms. The summed E-state index contributed by atoms with van der Waals surface area (Å²) in [5, 5.41) is 9.75. The molecule has 0 saturated heterocycles. The van der Waals surface area contributed by atoms with Crippen molar-refractivity contribution in [3.05, 3.63) is 11.6 Å². The van der Waals surface area contributed by atoms with Gasteiger partial charge in [0.15, 0.2) is 0 Å². The Morgan fingerprint density at radius 2 is 1.67 bits per heavy atom. The van der Waals surface area contributed by atoms with Gasteiger partial charge < -0.3 is 5.11 Å². The summed E-state index contributed by atoms with van der Waals surface area (Å²) in [5.74, 6) is 0.299. The van der Waals surface area contributed by atoms with E-state index in [-0.39, 0.29) is 11.5 Å². The van der Waals surface area contributed by atoms with E-state index in [1.165, 1.54) is 5.57 Å². The number of hydrogen-bond acceptors (Lipinski definition) is 1. The SMILES string of the molecule is CC(C)=CC(O)C(C)C(C)(C)C. The van der Waals surface area contributed by atoms with E-state index in [2.05, 4.69) is 27.7 Å². The molecule has 0 fully saturated rings. The summed E-state index contributed by atoms with van der Waals surface area (Å²) in [6.07, 6.45) is 1.62. The zero-order valence-corrected chi connectivity index (χ0v) is 9.18. The highest BCUT2D eigenvalue weighted by molar-refractivity contribution is 5.00. The summed E-state index contributed by atoms with van der Waals surface area (Å²) in [5.41, 5.74) is 1.35. The smallest absolute Gasteiger partial charge is 0.0753 e. The van der Waals surface area contributed by atoms with Crippen molar-refractivity contribution >= 4 is 0 Å². The van der Waals surface area contributed by atoms with E-state index in [0.717, 1.165) is 0 Å². The highest BCUT2D eigenvalue weighted by Crippen LogP contribution is 2.28. The third-order valence-corrected chi connectivity index (χ3v) is 2.38. The molecular weight excluding hydrogens is 148 g/mol. The fourth-order valence-electron chi connectivity index (χ4n) is 0.998. The number of hydrogen-bond donors (Lipinski definition) is 1. The minimum atomic E-state index is -0.310. The lowest BCUT2D eigenvalue weighted by Crippen LogP contribution is -2.28. The Morgan fingerprint density at radius 3 is 1.92 bits per heavy atom. The van der Waals surface area contributed by atoms with Gasteiger partial charge in [0.05, 0.1) is 6.10 Å². The van der Waals surface area contributed by atoms with Crippen LogP contribution in [0.4, 0.5) is 0 Å². The molecule has 0 radical (unpaired) electrons. The summed E-state index contributed by atoms with van der Waals surface area (Å²) in [6, 6.07) is 0. The molecule has 0 aliphatic carbocycles. The van der Waals surface area contributed by atoms with Crippen LogP contribution in [0.15, 0.2) is 11.6 Å². The molecule has 0 aliphatic rings. The third-order valence-electron chi connectivity index (χ3n) is 2.38. The lowest BCUT2D eigenvalue weighted by Gasteiger charge is -2.30. The molecule has 2 unspecified atom stereocenters. The summed E-state index contributed by atoms with van der Waals surface area (Å²) in [4.78, 5) is 0. The van der Waals surface area contributed by atoms with Crippen molar-refractivity contribution in [1.29, 1.82) is 0 Å². The van der Waals surface area contributed by atoms with Gasteiger partial charge in [-0.3, -0.25) is 0 Å². The van der Waals surface area contributed by atoms with Crippen molar-refractivity contribution in [3.8, 4) is 0 Å². The Bertz CT molecular complexity index is 158. The maximum absolute atomic E-state index is 9.75. The zero-order valence-electron chi connectivity index (χ0n) is 9.18. The normalized spacial score (nSPS) is 16.9. The first-order valence-corrected chi connectivity index (χ1v) is 4.58. The van der Waals surface area contributed by atoms with Crippen LogP contribution in [0.2, 0.25) is 0 Å². The van der Waals surface area contributed by atoms with Crippen LogP contribution >= 0.6 is 0 Å². The van der Waals surface area contributed by atoms with Gasteiger partial charge >= 0.3 is 0 Å². The first kappa shape index (κ1) is 11.7. The maximum atomic E-state index is 9.75. The van der Waals surface area contributed by atoms with E-state index in [1.54, 1.807) is 0 Å². The number of aliphatic hydroxyl groups is 1. The molecule has 72 valence electrons. The van der Waals surface area contributed by atoms with E-state index >= 15 is 0 Å². The average Bonchev–Trinajstić information content (AvgIpc) is 1.82. The van der Waals surface area contributed by atoms with Gasteiger partial charge in [0, 0.05) is 0 Å². The van der Waals surface area contributed by atoms with Crippen molar-refractivity contribution < 1.29 is 5.11 Å². The second-order valence-electron chi connectivity index (χ2n) is 4.89.